The number of nitrogens with one attached hydrogen (secondary N) is 1. The Morgan fingerprint density at radius 1 is 1.07 bits per heavy atom. The van der Waals surface area contributed by atoms with Gasteiger partial charge >= 0.3 is 5.97 Å². The standard InChI is InChI=1S/C29H29ClN4O4S2/c1-3-34-26(19-10-14-22(15-11-19)38-21-6-4-5-7-21)32-33-29(34)40-17-24(35)31-27-25(28(36)37-2)23(16-39-27)18-8-12-20(30)13-9-18/h8-16,21H,3-7,17H2,1-2H3,(H,31,35). The van der Waals surface area contributed by atoms with E-state index in [1.165, 1.54) is 43.1 Å². The van der Waals surface area contributed by atoms with E-state index in [1.807, 2.05) is 53.3 Å². The first-order chi connectivity index (χ1) is 19.5. The van der Waals surface area contributed by atoms with Crippen LogP contribution in [0, 0.1) is 0 Å². The molecule has 11 heteroatoms. The maximum atomic E-state index is 12.9. The number of hydrogen-bond acceptors (Lipinski definition) is 8. The molecule has 4 aromatic rings. The van der Waals surface area contributed by atoms with Crippen molar-refractivity contribution in [3.05, 3.63) is 64.5 Å². The molecule has 40 heavy (non-hydrogen) atoms. The number of aromatic nitrogens is 3. The molecule has 208 valence electrons. The first-order valence-corrected chi connectivity index (χ1v) is 15.3. The Hall–Kier alpha value is -3.34. The second kappa shape index (κ2) is 12.9. The van der Waals surface area contributed by atoms with Gasteiger partial charge in [-0.05, 0) is 74.6 Å². The van der Waals surface area contributed by atoms with Crippen LogP contribution in [0.15, 0.2) is 59.1 Å². The summed E-state index contributed by atoms with van der Waals surface area (Å²) in [5.41, 5.74) is 2.72. The van der Waals surface area contributed by atoms with Gasteiger partial charge in [0.05, 0.1) is 19.0 Å². The van der Waals surface area contributed by atoms with Gasteiger partial charge in [-0.3, -0.25) is 4.79 Å². The Balaban J connectivity index is 1.26. The zero-order valence-electron chi connectivity index (χ0n) is 22.2. The molecule has 0 bridgehead atoms. The van der Waals surface area contributed by atoms with Crippen molar-refractivity contribution in [2.24, 2.45) is 0 Å². The van der Waals surface area contributed by atoms with E-state index in [4.69, 9.17) is 21.1 Å². The Morgan fingerprint density at radius 3 is 2.45 bits per heavy atom. The van der Waals surface area contributed by atoms with Crippen LogP contribution >= 0.6 is 34.7 Å². The minimum Gasteiger partial charge on any atom is -0.490 e. The quantitative estimate of drug-likeness (QED) is 0.153. The molecule has 1 aliphatic carbocycles. The van der Waals surface area contributed by atoms with Crippen LogP contribution < -0.4 is 10.1 Å². The smallest absolute Gasteiger partial charge is 0.341 e. The molecule has 1 N–H and O–H groups in total. The normalized spacial score (nSPS) is 13.4. The topological polar surface area (TPSA) is 95.3 Å². The fourth-order valence-corrected chi connectivity index (χ4v) is 6.57. The molecular formula is C29H29ClN4O4S2. The summed E-state index contributed by atoms with van der Waals surface area (Å²) < 4.78 is 13.1. The number of halogens is 1. The molecule has 0 spiro atoms. The van der Waals surface area contributed by atoms with Gasteiger partial charge in [-0.1, -0.05) is 35.5 Å². The fraction of sp³-hybridized carbons (Fsp3) is 0.310. The van der Waals surface area contributed by atoms with Crippen LogP contribution in [0.4, 0.5) is 5.00 Å². The molecule has 1 fully saturated rings. The van der Waals surface area contributed by atoms with Crippen molar-refractivity contribution >= 4 is 51.6 Å². The summed E-state index contributed by atoms with van der Waals surface area (Å²) in [4.78, 5) is 25.5. The van der Waals surface area contributed by atoms with Crippen LogP contribution in [-0.4, -0.2) is 45.6 Å². The largest absolute Gasteiger partial charge is 0.490 e. The van der Waals surface area contributed by atoms with Crippen LogP contribution in [0.1, 0.15) is 43.0 Å². The average molecular weight is 597 g/mol. The van der Waals surface area contributed by atoms with E-state index in [9.17, 15) is 9.59 Å². The third-order valence-electron chi connectivity index (χ3n) is 6.67. The molecule has 1 amide bonds. The monoisotopic (exact) mass is 596 g/mol. The van der Waals surface area contributed by atoms with Crippen molar-refractivity contribution in [1.82, 2.24) is 14.8 Å². The number of thioether (sulfide) groups is 1. The number of amides is 1. The molecule has 1 saturated carbocycles. The molecule has 1 aliphatic rings. The number of hydrogen-bond donors (Lipinski definition) is 1. The van der Waals surface area contributed by atoms with Gasteiger partial charge in [0, 0.05) is 28.1 Å². The van der Waals surface area contributed by atoms with Crippen molar-refractivity contribution in [2.75, 3.05) is 18.2 Å². The molecule has 2 aromatic heterocycles. The van der Waals surface area contributed by atoms with Crippen molar-refractivity contribution in [3.63, 3.8) is 0 Å². The molecule has 5 rings (SSSR count). The molecule has 0 saturated heterocycles. The summed E-state index contributed by atoms with van der Waals surface area (Å²) in [5, 5.41) is 15.1. The van der Waals surface area contributed by atoms with Crippen molar-refractivity contribution in [1.29, 1.82) is 0 Å². The molecule has 0 radical (unpaired) electrons. The third kappa shape index (κ3) is 6.35. The number of anilines is 1. The molecule has 0 aliphatic heterocycles. The van der Waals surface area contributed by atoms with Crippen LogP contribution in [0.5, 0.6) is 5.75 Å². The minimum atomic E-state index is -0.524. The zero-order chi connectivity index (χ0) is 28.1. The first-order valence-electron chi connectivity index (χ1n) is 13.1. The maximum Gasteiger partial charge on any atom is 0.341 e. The lowest BCUT2D eigenvalue weighted by molar-refractivity contribution is -0.113. The van der Waals surface area contributed by atoms with E-state index >= 15 is 0 Å². The van der Waals surface area contributed by atoms with E-state index in [1.54, 1.807) is 12.1 Å². The molecule has 8 nitrogen and oxygen atoms in total. The summed E-state index contributed by atoms with van der Waals surface area (Å²) >= 11 is 8.58. The lowest BCUT2D eigenvalue weighted by atomic mass is 10.0. The van der Waals surface area contributed by atoms with Gasteiger partial charge in [0.1, 0.15) is 16.3 Å². The van der Waals surface area contributed by atoms with Gasteiger partial charge < -0.3 is 19.4 Å². The predicted molar refractivity (Wildman–Crippen MR) is 159 cm³/mol. The summed E-state index contributed by atoms with van der Waals surface area (Å²) in [6.45, 7) is 2.66. The molecular weight excluding hydrogens is 568 g/mol. The first kappa shape index (κ1) is 28.2. The van der Waals surface area contributed by atoms with Gasteiger partial charge in [0.25, 0.3) is 0 Å². The summed E-state index contributed by atoms with van der Waals surface area (Å²) in [6, 6.07) is 15.1. The van der Waals surface area contributed by atoms with Crippen molar-refractivity contribution in [3.8, 4) is 28.3 Å². The van der Waals surface area contributed by atoms with Crippen molar-refractivity contribution < 1.29 is 19.1 Å². The number of nitrogens with zero attached hydrogens (tertiary/aromatic N) is 3. The highest BCUT2D eigenvalue weighted by atomic mass is 35.5. The van der Waals surface area contributed by atoms with Crippen LogP contribution in [0.2, 0.25) is 5.02 Å². The summed E-state index contributed by atoms with van der Waals surface area (Å²) in [6.07, 6.45) is 4.98. The Bertz CT molecular complexity index is 1480. The van der Waals surface area contributed by atoms with Gasteiger partial charge in [-0.2, -0.15) is 0 Å². The number of benzene rings is 2. The second-order valence-corrected chi connectivity index (χ2v) is 11.5. The molecule has 2 heterocycles. The van der Waals surface area contributed by atoms with E-state index in [0.29, 0.717) is 39.0 Å². The van der Waals surface area contributed by atoms with E-state index in [0.717, 1.165) is 35.5 Å². The van der Waals surface area contributed by atoms with Crippen molar-refractivity contribution in [2.45, 2.75) is 50.4 Å². The van der Waals surface area contributed by atoms with Gasteiger partial charge in [-0.15, -0.1) is 21.5 Å². The second-order valence-electron chi connectivity index (χ2n) is 9.29. The number of carbonyl (C=O) groups is 2. The number of thiophene rings is 1. The SMILES string of the molecule is CCn1c(SCC(=O)Nc2scc(-c3ccc(Cl)cc3)c2C(=O)OC)nnc1-c1ccc(OC2CCCC2)cc1. The van der Waals surface area contributed by atoms with Crippen LogP contribution in [0.25, 0.3) is 22.5 Å². The summed E-state index contributed by atoms with van der Waals surface area (Å²) in [7, 11) is 1.32. The number of methoxy groups -OCH3 is 1. The lowest BCUT2D eigenvalue weighted by Crippen LogP contribution is -2.16. The number of esters is 1. The highest BCUT2D eigenvalue weighted by Crippen LogP contribution is 2.37. The zero-order valence-corrected chi connectivity index (χ0v) is 24.6. The Labute approximate surface area is 246 Å². The van der Waals surface area contributed by atoms with E-state index in [-0.39, 0.29) is 11.7 Å². The molecule has 0 atom stereocenters. The third-order valence-corrected chi connectivity index (χ3v) is 8.79. The fourth-order valence-electron chi connectivity index (χ4n) is 4.66. The average Bonchev–Trinajstić information content (AvgIpc) is 3.73. The van der Waals surface area contributed by atoms with E-state index < -0.39 is 5.97 Å². The van der Waals surface area contributed by atoms with Gasteiger partial charge in [-0.25, -0.2) is 4.79 Å². The highest BCUT2D eigenvalue weighted by molar-refractivity contribution is 7.99. The number of ether oxygens (including phenoxy) is 2. The van der Waals surface area contributed by atoms with E-state index in [2.05, 4.69) is 15.5 Å². The van der Waals surface area contributed by atoms with Crippen LogP contribution in [-0.2, 0) is 16.1 Å². The Morgan fingerprint density at radius 2 is 1.77 bits per heavy atom. The molecule has 0 unspecified atom stereocenters. The highest BCUT2D eigenvalue weighted by Gasteiger charge is 2.23. The van der Waals surface area contributed by atoms with Gasteiger partial charge in [0.15, 0.2) is 11.0 Å². The predicted octanol–water partition coefficient (Wildman–Crippen LogP) is 7.19. The maximum absolute atomic E-state index is 12.9. The minimum absolute atomic E-state index is 0.0983. The van der Waals surface area contributed by atoms with Crippen LogP contribution in [0.3, 0.4) is 0 Å². The number of rotatable bonds is 10. The lowest BCUT2D eigenvalue weighted by Gasteiger charge is -2.13. The van der Waals surface area contributed by atoms with Gasteiger partial charge in [0.2, 0.25) is 5.91 Å². The molecule has 2 aromatic carbocycles. The number of carbonyl (C=O) groups excluding carboxylic acids is 2. The Kier molecular flexibility index (Phi) is 9.08. The summed E-state index contributed by atoms with van der Waals surface area (Å²) in [5.74, 6) is 0.908.